The number of hydrogen-bond acceptors (Lipinski definition) is 6. The Morgan fingerprint density at radius 1 is 0.577 bits per heavy atom. The Labute approximate surface area is 154 Å². The van der Waals surface area contributed by atoms with Crippen molar-refractivity contribution in [1.29, 1.82) is 0 Å². The van der Waals surface area contributed by atoms with E-state index in [1.165, 1.54) is 0 Å². The highest BCUT2D eigenvalue weighted by molar-refractivity contribution is 5.27. The number of rotatable bonds is 13. The normalized spacial score (nSPS) is 10.7. The average Bonchev–Trinajstić information content (AvgIpc) is 2.67. The molecule has 0 saturated heterocycles. The number of hydrogen-bond donors (Lipinski definition) is 4. The second-order valence-electron chi connectivity index (χ2n) is 6.07. The van der Waals surface area contributed by atoms with Crippen molar-refractivity contribution in [1.82, 2.24) is 11.0 Å². The van der Waals surface area contributed by atoms with Crippen molar-refractivity contribution in [3.63, 3.8) is 0 Å². The fourth-order valence-corrected chi connectivity index (χ4v) is 2.53. The van der Waals surface area contributed by atoms with E-state index in [1.807, 2.05) is 48.5 Å². The van der Waals surface area contributed by atoms with Crippen LogP contribution in [0.2, 0.25) is 0 Å². The third-order valence-electron chi connectivity index (χ3n) is 3.99. The number of hydroxylamine groups is 2. The van der Waals surface area contributed by atoms with Crippen molar-refractivity contribution in [3.8, 4) is 11.5 Å². The summed E-state index contributed by atoms with van der Waals surface area (Å²) >= 11 is 0. The molecule has 0 aliphatic heterocycles. The first-order valence-electron chi connectivity index (χ1n) is 8.99. The van der Waals surface area contributed by atoms with Gasteiger partial charge in [-0.15, -0.1) is 0 Å². The molecule has 4 N–H and O–H groups in total. The van der Waals surface area contributed by atoms with Crippen LogP contribution in [0.1, 0.15) is 36.8 Å². The summed E-state index contributed by atoms with van der Waals surface area (Å²) in [5.74, 6) is 1.71. The summed E-state index contributed by atoms with van der Waals surface area (Å²) in [4.78, 5) is 0. The van der Waals surface area contributed by atoms with Gasteiger partial charge in [-0.25, -0.2) is 11.0 Å². The van der Waals surface area contributed by atoms with Crippen LogP contribution >= 0.6 is 0 Å². The molecule has 0 unspecified atom stereocenters. The van der Waals surface area contributed by atoms with Gasteiger partial charge in [-0.05, 0) is 61.1 Å². The Morgan fingerprint density at radius 3 is 1.31 bits per heavy atom. The minimum Gasteiger partial charge on any atom is -0.494 e. The first-order chi connectivity index (χ1) is 12.8. The molecule has 0 spiro atoms. The quantitative estimate of drug-likeness (QED) is 0.322. The van der Waals surface area contributed by atoms with E-state index in [4.69, 9.17) is 19.9 Å². The van der Waals surface area contributed by atoms with Gasteiger partial charge in [0.1, 0.15) is 11.5 Å². The zero-order valence-corrected chi connectivity index (χ0v) is 15.0. The summed E-state index contributed by atoms with van der Waals surface area (Å²) in [6, 6.07) is 15.4. The lowest BCUT2D eigenvalue weighted by Gasteiger charge is -2.08. The molecular weight excluding hydrogens is 332 g/mol. The molecule has 0 heterocycles. The summed E-state index contributed by atoms with van der Waals surface area (Å²) < 4.78 is 11.4. The molecule has 2 rings (SSSR count). The second kappa shape index (κ2) is 12.3. The molecule has 0 atom stereocenters. The Bertz CT molecular complexity index is 547. The van der Waals surface area contributed by atoms with E-state index in [9.17, 15) is 0 Å². The zero-order valence-electron chi connectivity index (χ0n) is 15.0. The van der Waals surface area contributed by atoms with Crippen molar-refractivity contribution >= 4 is 0 Å². The Balaban J connectivity index is 1.49. The van der Waals surface area contributed by atoms with E-state index >= 15 is 0 Å². The third kappa shape index (κ3) is 7.84. The van der Waals surface area contributed by atoms with Crippen LogP contribution in [0.25, 0.3) is 0 Å². The molecule has 0 bridgehead atoms. The smallest absolute Gasteiger partial charge is 0.119 e. The molecule has 0 radical (unpaired) electrons. The molecule has 6 heteroatoms. The predicted octanol–water partition coefficient (Wildman–Crippen LogP) is 3.66. The van der Waals surface area contributed by atoms with E-state index in [0.29, 0.717) is 26.3 Å². The number of unbranched alkanes of at least 4 members (excludes halogenated alkanes) is 3. The zero-order chi connectivity index (χ0) is 18.5. The summed E-state index contributed by atoms with van der Waals surface area (Å²) in [5.41, 5.74) is 6.30. The van der Waals surface area contributed by atoms with Gasteiger partial charge in [0.2, 0.25) is 0 Å². The van der Waals surface area contributed by atoms with Crippen LogP contribution in [0, 0.1) is 0 Å². The average molecular weight is 360 g/mol. The van der Waals surface area contributed by atoms with Gasteiger partial charge in [-0.3, -0.25) is 0 Å². The molecule has 2 aromatic carbocycles. The van der Waals surface area contributed by atoms with Gasteiger partial charge in [0.05, 0.1) is 13.2 Å². The number of ether oxygens (including phenoxy) is 2. The summed E-state index contributed by atoms with van der Waals surface area (Å²) in [6.07, 6.45) is 4.25. The Kier molecular flexibility index (Phi) is 9.53. The molecule has 142 valence electrons. The fourth-order valence-electron chi connectivity index (χ4n) is 2.53. The van der Waals surface area contributed by atoms with E-state index in [-0.39, 0.29) is 0 Å². The third-order valence-corrected chi connectivity index (χ3v) is 3.99. The Morgan fingerprint density at radius 2 is 0.962 bits per heavy atom. The monoisotopic (exact) mass is 360 g/mol. The maximum absolute atomic E-state index is 8.65. The lowest BCUT2D eigenvalue weighted by atomic mass is 10.2. The molecule has 2 aromatic rings. The molecule has 0 aliphatic rings. The van der Waals surface area contributed by atoms with E-state index in [2.05, 4.69) is 11.0 Å². The summed E-state index contributed by atoms with van der Waals surface area (Å²) in [6.45, 7) is 2.29. The SMILES string of the molecule is ONCc1ccc(OCCCCCCOc2ccc(CNO)cc2)cc1. The van der Waals surface area contributed by atoms with Crippen molar-refractivity contribution in [3.05, 3.63) is 59.7 Å². The lowest BCUT2D eigenvalue weighted by Crippen LogP contribution is -2.06. The van der Waals surface area contributed by atoms with Crippen LogP contribution in [-0.4, -0.2) is 23.6 Å². The maximum Gasteiger partial charge on any atom is 0.119 e. The maximum atomic E-state index is 8.65. The Hall–Kier alpha value is -2.12. The van der Waals surface area contributed by atoms with Crippen molar-refractivity contribution in [2.75, 3.05) is 13.2 Å². The lowest BCUT2D eigenvalue weighted by molar-refractivity contribution is 0.161. The van der Waals surface area contributed by atoms with Gasteiger partial charge in [0, 0.05) is 13.1 Å². The standard InChI is InChI=1S/C20H28N2O4/c23-21-15-17-5-9-19(10-6-17)25-13-3-1-2-4-14-26-20-11-7-18(8-12-20)16-22-24/h5-12,21-24H,1-4,13-16H2. The van der Waals surface area contributed by atoms with Gasteiger partial charge < -0.3 is 19.9 Å². The molecule has 0 aromatic heterocycles. The predicted molar refractivity (Wildman–Crippen MR) is 99.6 cm³/mol. The number of benzene rings is 2. The molecular formula is C20H28N2O4. The highest BCUT2D eigenvalue weighted by Crippen LogP contribution is 2.14. The van der Waals surface area contributed by atoms with E-state index in [1.54, 1.807) is 0 Å². The van der Waals surface area contributed by atoms with E-state index < -0.39 is 0 Å². The topological polar surface area (TPSA) is 83.0 Å². The highest BCUT2D eigenvalue weighted by Gasteiger charge is 1.98. The van der Waals surface area contributed by atoms with Crippen LogP contribution in [0.4, 0.5) is 0 Å². The summed E-state index contributed by atoms with van der Waals surface area (Å²) in [7, 11) is 0. The van der Waals surface area contributed by atoms with Crippen LogP contribution in [0.5, 0.6) is 11.5 Å². The molecule has 26 heavy (non-hydrogen) atoms. The van der Waals surface area contributed by atoms with Gasteiger partial charge in [-0.1, -0.05) is 24.3 Å². The second-order valence-corrected chi connectivity index (χ2v) is 6.07. The highest BCUT2D eigenvalue weighted by atomic mass is 16.5. The van der Waals surface area contributed by atoms with E-state index in [0.717, 1.165) is 48.3 Å². The van der Waals surface area contributed by atoms with Crippen LogP contribution in [0.3, 0.4) is 0 Å². The van der Waals surface area contributed by atoms with Gasteiger partial charge >= 0.3 is 0 Å². The number of nitrogens with one attached hydrogen (secondary N) is 2. The van der Waals surface area contributed by atoms with Crippen LogP contribution in [-0.2, 0) is 13.1 Å². The van der Waals surface area contributed by atoms with Crippen molar-refractivity contribution in [2.24, 2.45) is 0 Å². The minimum absolute atomic E-state index is 0.437. The first kappa shape index (κ1) is 20.2. The largest absolute Gasteiger partial charge is 0.494 e. The van der Waals surface area contributed by atoms with Crippen molar-refractivity contribution in [2.45, 2.75) is 38.8 Å². The van der Waals surface area contributed by atoms with Crippen LogP contribution < -0.4 is 20.4 Å². The molecule has 6 nitrogen and oxygen atoms in total. The summed E-state index contributed by atoms with van der Waals surface area (Å²) in [5, 5.41) is 17.3. The molecule has 0 amide bonds. The molecule has 0 aliphatic carbocycles. The first-order valence-corrected chi connectivity index (χ1v) is 8.99. The van der Waals surface area contributed by atoms with Crippen LogP contribution in [0.15, 0.2) is 48.5 Å². The molecule has 0 fully saturated rings. The van der Waals surface area contributed by atoms with Gasteiger partial charge in [-0.2, -0.15) is 0 Å². The minimum atomic E-state index is 0.437. The fraction of sp³-hybridized carbons (Fsp3) is 0.400. The van der Waals surface area contributed by atoms with Gasteiger partial charge in [0.15, 0.2) is 0 Å². The van der Waals surface area contributed by atoms with Crippen molar-refractivity contribution < 1.29 is 19.9 Å². The van der Waals surface area contributed by atoms with Gasteiger partial charge in [0.25, 0.3) is 0 Å². The molecule has 0 saturated carbocycles.